The van der Waals surface area contributed by atoms with E-state index in [0.29, 0.717) is 18.1 Å². The van der Waals surface area contributed by atoms with Crippen LogP contribution in [0.5, 0.6) is 0 Å². The summed E-state index contributed by atoms with van der Waals surface area (Å²) in [6.07, 6.45) is 4.18. The fourth-order valence-electron chi connectivity index (χ4n) is 2.46. The average Bonchev–Trinajstić information content (AvgIpc) is 3.14. The average molecular weight is 410 g/mol. The minimum Gasteiger partial charge on any atom is -0.439 e. The molecule has 1 aromatic heterocycles. The lowest BCUT2D eigenvalue weighted by Crippen LogP contribution is -2.31. The van der Waals surface area contributed by atoms with Crippen LogP contribution >= 0.6 is 27.7 Å². The molecule has 1 saturated heterocycles. The molecule has 2 aromatic rings. The van der Waals surface area contributed by atoms with Crippen LogP contribution in [0, 0.1) is 0 Å². The van der Waals surface area contributed by atoms with Gasteiger partial charge in [-0.1, -0.05) is 34.1 Å². The van der Waals surface area contributed by atoms with Crippen LogP contribution in [-0.2, 0) is 11.3 Å². The number of rotatable bonds is 6. The third-order valence-electron chi connectivity index (χ3n) is 3.70. The van der Waals surface area contributed by atoms with E-state index in [0.717, 1.165) is 20.7 Å². The van der Waals surface area contributed by atoms with Gasteiger partial charge in [-0.25, -0.2) is 9.78 Å². The van der Waals surface area contributed by atoms with Gasteiger partial charge in [0, 0.05) is 10.0 Å². The van der Waals surface area contributed by atoms with Crippen molar-refractivity contribution < 1.29 is 14.0 Å². The number of oxazole rings is 1. The van der Waals surface area contributed by atoms with Crippen LogP contribution in [0.25, 0.3) is 11.3 Å². The Balaban J connectivity index is 1.72. The monoisotopic (exact) mass is 409 g/mol. The summed E-state index contributed by atoms with van der Waals surface area (Å²) < 4.78 is 6.60. The molecule has 24 heavy (non-hydrogen) atoms. The highest BCUT2D eigenvalue weighted by Gasteiger charge is 2.38. The van der Waals surface area contributed by atoms with E-state index in [2.05, 4.69) is 26.2 Å². The number of urea groups is 1. The van der Waals surface area contributed by atoms with Gasteiger partial charge in [0.15, 0.2) is 5.76 Å². The molecule has 1 fully saturated rings. The summed E-state index contributed by atoms with van der Waals surface area (Å²) >= 11 is 5.10. The fraction of sp³-hybridized carbons (Fsp3) is 0.312. The summed E-state index contributed by atoms with van der Waals surface area (Å²) in [6, 6.07) is 6.77. The molecule has 1 aromatic carbocycles. The highest BCUT2D eigenvalue weighted by molar-refractivity contribution is 9.10. The molecular weight excluding hydrogens is 394 g/mol. The quantitative estimate of drug-likeness (QED) is 0.740. The second kappa shape index (κ2) is 7.40. The van der Waals surface area contributed by atoms with Crippen LogP contribution in [0.4, 0.5) is 4.79 Å². The first-order chi connectivity index (χ1) is 11.6. The molecule has 0 aliphatic carbocycles. The molecule has 126 valence electrons. The van der Waals surface area contributed by atoms with Gasteiger partial charge in [0.25, 0.3) is 5.91 Å². The molecule has 2 heterocycles. The van der Waals surface area contributed by atoms with Gasteiger partial charge in [-0.15, -0.1) is 0 Å². The minimum absolute atomic E-state index is 0.0326. The fourth-order valence-corrected chi connectivity index (χ4v) is 3.41. The third-order valence-corrected chi connectivity index (χ3v) is 5.04. The van der Waals surface area contributed by atoms with Gasteiger partial charge in [0.1, 0.15) is 12.6 Å². The normalized spacial score (nSPS) is 17.4. The highest BCUT2D eigenvalue weighted by atomic mass is 79.9. The molecule has 0 unspecified atom stereocenters. The number of hydrogen-bond acceptors (Lipinski definition) is 5. The standard InChI is InChI=1S/C16H16BrN3O3S/c1-24-7-6-12-15(21)20(16(22)19-12)9-14-18-8-13(23-14)10-4-2-3-5-11(10)17/h2-5,8,12H,6-7,9H2,1H3,(H,19,22)/t12-/m0/s1. The third kappa shape index (κ3) is 3.49. The largest absolute Gasteiger partial charge is 0.439 e. The Kier molecular flexibility index (Phi) is 5.25. The van der Waals surface area contributed by atoms with Gasteiger partial charge in [-0.05, 0) is 24.5 Å². The number of amides is 3. The maximum Gasteiger partial charge on any atom is 0.325 e. The number of carbonyl (C=O) groups excluding carboxylic acids is 2. The predicted molar refractivity (Wildman–Crippen MR) is 95.5 cm³/mol. The zero-order chi connectivity index (χ0) is 17.1. The number of nitrogens with zero attached hydrogens (tertiary/aromatic N) is 2. The van der Waals surface area contributed by atoms with Crippen LogP contribution < -0.4 is 5.32 Å². The van der Waals surface area contributed by atoms with E-state index < -0.39 is 12.1 Å². The summed E-state index contributed by atoms with van der Waals surface area (Å²) in [7, 11) is 0. The Bertz CT molecular complexity index is 765. The van der Waals surface area contributed by atoms with E-state index in [-0.39, 0.29) is 12.5 Å². The molecule has 3 amide bonds. The Hall–Kier alpha value is -1.80. The molecule has 1 aliphatic rings. The Morgan fingerprint density at radius 1 is 1.38 bits per heavy atom. The SMILES string of the molecule is CSCC[C@@H]1NC(=O)N(Cc2ncc(-c3ccccc3Br)o2)C1=O. The molecule has 0 radical (unpaired) electrons. The second-order valence-electron chi connectivity index (χ2n) is 5.31. The lowest BCUT2D eigenvalue weighted by Gasteiger charge is -2.10. The maximum absolute atomic E-state index is 12.3. The molecular formula is C16H16BrN3O3S. The molecule has 1 N–H and O–H groups in total. The summed E-state index contributed by atoms with van der Waals surface area (Å²) in [5.74, 6) is 1.50. The van der Waals surface area contributed by atoms with Gasteiger partial charge in [0.05, 0.1) is 6.20 Å². The van der Waals surface area contributed by atoms with Crippen LogP contribution in [-0.4, -0.2) is 39.9 Å². The van der Waals surface area contributed by atoms with Crippen molar-refractivity contribution in [2.24, 2.45) is 0 Å². The Morgan fingerprint density at radius 3 is 2.92 bits per heavy atom. The van der Waals surface area contributed by atoms with E-state index in [4.69, 9.17) is 4.42 Å². The summed E-state index contributed by atoms with van der Waals surface area (Å²) in [4.78, 5) is 29.7. The zero-order valence-electron chi connectivity index (χ0n) is 13.0. The highest BCUT2D eigenvalue weighted by Crippen LogP contribution is 2.28. The number of imide groups is 1. The number of hydrogen-bond donors (Lipinski definition) is 1. The number of aromatic nitrogens is 1. The van der Waals surface area contributed by atoms with Gasteiger partial charge in [-0.2, -0.15) is 11.8 Å². The van der Waals surface area contributed by atoms with Gasteiger partial charge < -0.3 is 9.73 Å². The predicted octanol–water partition coefficient (Wildman–Crippen LogP) is 3.28. The van der Waals surface area contributed by atoms with Crippen molar-refractivity contribution in [3.05, 3.63) is 40.8 Å². The van der Waals surface area contributed by atoms with Crippen molar-refractivity contribution in [2.45, 2.75) is 19.0 Å². The summed E-state index contributed by atoms with van der Waals surface area (Å²) in [5, 5.41) is 2.70. The van der Waals surface area contributed by atoms with Gasteiger partial charge in [-0.3, -0.25) is 9.69 Å². The van der Waals surface area contributed by atoms with Crippen molar-refractivity contribution in [3.63, 3.8) is 0 Å². The van der Waals surface area contributed by atoms with E-state index in [1.54, 1.807) is 18.0 Å². The number of carbonyl (C=O) groups is 2. The summed E-state index contributed by atoms with van der Waals surface area (Å²) in [5.41, 5.74) is 0.867. The molecule has 8 heteroatoms. The lowest BCUT2D eigenvalue weighted by molar-refractivity contribution is -0.128. The number of nitrogens with one attached hydrogen (secondary N) is 1. The van der Waals surface area contributed by atoms with Gasteiger partial charge >= 0.3 is 6.03 Å². The zero-order valence-corrected chi connectivity index (χ0v) is 15.4. The van der Waals surface area contributed by atoms with E-state index in [1.165, 1.54) is 0 Å². The molecule has 0 bridgehead atoms. The van der Waals surface area contributed by atoms with Crippen molar-refractivity contribution in [1.82, 2.24) is 15.2 Å². The Morgan fingerprint density at radius 2 is 2.17 bits per heavy atom. The van der Waals surface area contributed by atoms with Crippen molar-refractivity contribution in [2.75, 3.05) is 12.0 Å². The molecule has 1 atom stereocenters. The number of benzene rings is 1. The van der Waals surface area contributed by atoms with Crippen LogP contribution in [0.3, 0.4) is 0 Å². The second-order valence-corrected chi connectivity index (χ2v) is 7.15. The van der Waals surface area contributed by atoms with Crippen molar-refractivity contribution in [3.8, 4) is 11.3 Å². The lowest BCUT2D eigenvalue weighted by atomic mass is 10.2. The van der Waals surface area contributed by atoms with Crippen LogP contribution in [0.1, 0.15) is 12.3 Å². The smallest absolute Gasteiger partial charge is 0.325 e. The molecule has 0 saturated carbocycles. The maximum atomic E-state index is 12.3. The first-order valence-corrected chi connectivity index (χ1v) is 9.59. The minimum atomic E-state index is -0.456. The van der Waals surface area contributed by atoms with E-state index >= 15 is 0 Å². The number of halogens is 1. The molecule has 3 rings (SSSR count). The van der Waals surface area contributed by atoms with Crippen LogP contribution in [0.15, 0.2) is 39.4 Å². The first kappa shape index (κ1) is 17.0. The van der Waals surface area contributed by atoms with Crippen molar-refractivity contribution in [1.29, 1.82) is 0 Å². The van der Waals surface area contributed by atoms with E-state index in [1.807, 2.05) is 30.5 Å². The molecule has 0 spiro atoms. The van der Waals surface area contributed by atoms with Gasteiger partial charge in [0.2, 0.25) is 5.89 Å². The molecule has 1 aliphatic heterocycles. The van der Waals surface area contributed by atoms with E-state index in [9.17, 15) is 9.59 Å². The number of thioether (sulfide) groups is 1. The molecule has 6 nitrogen and oxygen atoms in total. The Labute approximate surface area is 152 Å². The van der Waals surface area contributed by atoms with Crippen LogP contribution in [0.2, 0.25) is 0 Å². The summed E-state index contributed by atoms with van der Waals surface area (Å²) in [6.45, 7) is 0.0326. The first-order valence-electron chi connectivity index (χ1n) is 7.40. The topological polar surface area (TPSA) is 75.4 Å². The van der Waals surface area contributed by atoms with Crippen molar-refractivity contribution >= 4 is 39.6 Å².